The third-order valence-corrected chi connectivity index (χ3v) is 3.11. The van der Waals surface area contributed by atoms with Gasteiger partial charge < -0.3 is 20.6 Å². The van der Waals surface area contributed by atoms with Gasteiger partial charge in [0, 0.05) is 26.3 Å². The topological polar surface area (TPSA) is 64.6 Å². The van der Waals surface area contributed by atoms with Crippen LogP contribution in [0.3, 0.4) is 0 Å². The van der Waals surface area contributed by atoms with Gasteiger partial charge in [0.1, 0.15) is 5.69 Å². The number of aliphatic hydroxyl groups is 1. The average Bonchev–Trinajstić information content (AvgIpc) is 2.35. The molecule has 0 aliphatic rings. The van der Waals surface area contributed by atoms with Crippen LogP contribution < -0.4 is 15.5 Å². The van der Waals surface area contributed by atoms with Crippen LogP contribution in [0.15, 0.2) is 12.1 Å². The average molecular weight is 301 g/mol. The highest BCUT2D eigenvalue weighted by Crippen LogP contribution is 2.25. The lowest BCUT2D eigenvalue weighted by molar-refractivity contribution is 0.0587. The van der Waals surface area contributed by atoms with Gasteiger partial charge in [-0.15, -0.1) is 0 Å². The third kappa shape index (κ3) is 4.86. The maximum atomic E-state index is 13.7. The first-order valence-electron chi connectivity index (χ1n) is 6.60. The number of hydrogen-bond acceptors (Lipinski definition) is 3. The van der Waals surface area contributed by atoms with Crippen molar-refractivity contribution in [3.05, 3.63) is 23.8 Å². The molecule has 7 heteroatoms. The summed E-state index contributed by atoms with van der Waals surface area (Å²) >= 11 is 0. The fraction of sp³-hybridized carbons (Fsp3) is 0.500. The zero-order valence-corrected chi connectivity index (χ0v) is 12.6. The van der Waals surface area contributed by atoms with Gasteiger partial charge in [-0.3, -0.25) is 0 Å². The lowest BCUT2D eigenvalue weighted by Crippen LogP contribution is -2.41. The van der Waals surface area contributed by atoms with E-state index in [0.717, 1.165) is 12.1 Å². The Labute approximate surface area is 122 Å². The van der Waals surface area contributed by atoms with Crippen molar-refractivity contribution in [1.29, 1.82) is 0 Å². The van der Waals surface area contributed by atoms with Crippen molar-refractivity contribution >= 4 is 17.4 Å². The van der Waals surface area contributed by atoms with Gasteiger partial charge >= 0.3 is 6.03 Å². The molecule has 0 bridgehead atoms. The van der Waals surface area contributed by atoms with E-state index in [0.29, 0.717) is 6.42 Å². The second-order valence-electron chi connectivity index (χ2n) is 5.34. The van der Waals surface area contributed by atoms with Crippen LogP contribution in [-0.4, -0.2) is 37.4 Å². The van der Waals surface area contributed by atoms with Gasteiger partial charge in [-0.2, -0.15) is 0 Å². The number of hydrogen-bond donors (Lipinski definition) is 3. The first-order valence-corrected chi connectivity index (χ1v) is 6.60. The second-order valence-corrected chi connectivity index (χ2v) is 5.34. The van der Waals surface area contributed by atoms with Crippen molar-refractivity contribution in [1.82, 2.24) is 5.32 Å². The molecule has 0 fully saturated rings. The van der Waals surface area contributed by atoms with E-state index in [1.807, 2.05) is 0 Å². The Morgan fingerprint density at radius 2 is 1.86 bits per heavy atom. The summed E-state index contributed by atoms with van der Waals surface area (Å²) in [4.78, 5) is 12.9. The predicted octanol–water partition coefficient (Wildman–Crippen LogP) is 2.31. The van der Waals surface area contributed by atoms with Crippen LogP contribution in [0.1, 0.15) is 20.3 Å². The maximum Gasteiger partial charge on any atom is 0.319 e. The number of rotatable bonds is 5. The molecule has 118 valence electrons. The van der Waals surface area contributed by atoms with Crippen molar-refractivity contribution in [2.75, 3.05) is 30.9 Å². The number of carbonyl (C=O) groups is 1. The molecule has 0 saturated heterocycles. The molecule has 5 nitrogen and oxygen atoms in total. The molecular formula is C14H21F2N3O2. The number of nitrogens with one attached hydrogen (secondary N) is 2. The van der Waals surface area contributed by atoms with Crippen LogP contribution in [0.5, 0.6) is 0 Å². The Balaban J connectivity index is 2.74. The molecule has 1 aromatic carbocycles. The number of halogens is 2. The van der Waals surface area contributed by atoms with E-state index in [2.05, 4.69) is 10.6 Å². The SMILES string of the molecule is CCC(C)(O)CNC(=O)Nc1cc(F)c(N(C)C)c(F)c1. The normalized spacial score (nSPS) is 13.5. The Bertz CT molecular complexity index is 496. The first kappa shape index (κ1) is 17.2. The van der Waals surface area contributed by atoms with Gasteiger partial charge in [0.15, 0.2) is 11.6 Å². The highest BCUT2D eigenvalue weighted by molar-refractivity contribution is 5.89. The minimum atomic E-state index is -1.03. The van der Waals surface area contributed by atoms with Gasteiger partial charge in [0.05, 0.1) is 5.60 Å². The smallest absolute Gasteiger partial charge is 0.319 e. The number of nitrogens with zero attached hydrogens (tertiary/aromatic N) is 1. The molecular weight excluding hydrogens is 280 g/mol. The summed E-state index contributed by atoms with van der Waals surface area (Å²) in [5.41, 5.74) is -1.19. The second kappa shape index (κ2) is 6.71. The molecule has 0 saturated carbocycles. The third-order valence-electron chi connectivity index (χ3n) is 3.11. The Morgan fingerprint density at radius 3 is 2.29 bits per heavy atom. The van der Waals surface area contributed by atoms with Crippen molar-refractivity contribution in [3.8, 4) is 0 Å². The van der Waals surface area contributed by atoms with Crippen LogP contribution in [0, 0.1) is 11.6 Å². The van der Waals surface area contributed by atoms with Crippen molar-refractivity contribution in [2.45, 2.75) is 25.9 Å². The first-order chi connectivity index (χ1) is 9.66. The lowest BCUT2D eigenvalue weighted by Gasteiger charge is -2.21. The molecule has 0 aliphatic heterocycles. The Morgan fingerprint density at radius 1 is 1.33 bits per heavy atom. The van der Waals surface area contributed by atoms with Gasteiger partial charge in [-0.05, 0) is 25.5 Å². The van der Waals surface area contributed by atoms with Crippen LogP contribution in [0.25, 0.3) is 0 Å². The number of amides is 2. The zero-order valence-electron chi connectivity index (χ0n) is 12.6. The fourth-order valence-electron chi connectivity index (χ4n) is 1.64. The molecule has 0 aliphatic carbocycles. The van der Waals surface area contributed by atoms with E-state index in [4.69, 9.17) is 0 Å². The molecule has 2 amide bonds. The van der Waals surface area contributed by atoms with E-state index in [-0.39, 0.29) is 17.9 Å². The summed E-state index contributed by atoms with van der Waals surface area (Å²) < 4.78 is 27.5. The molecule has 1 aromatic rings. The lowest BCUT2D eigenvalue weighted by atomic mass is 10.0. The summed E-state index contributed by atoms with van der Waals surface area (Å²) in [5.74, 6) is -1.54. The summed E-state index contributed by atoms with van der Waals surface area (Å²) in [6, 6.07) is 1.44. The number of benzene rings is 1. The monoisotopic (exact) mass is 301 g/mol. The van der Waals surface area contributed by atoms with E-state index in [9.17, 15) is 18.7 Å². The predicted molar refractivity (Wildman–Crippen MR) is 78.6 cm³/mol. The van der Waals surface area contributed by atoms with E-state index in [1.165, 1.54) is 19.0 Å². The Hall–Kier alpha value is -1.89. The molecule has 0 heterocycles. The highest BCUT2D eigenvalue weighted by Gasteiger charge is 2.19. The minimum absolute atomic E-state index is 0.00393. The number of carbonyl (C=O) groups excluding carboxylic acids is 1. The van der Waals surface area contributed by atoms with Gasteiger partial charge in [-0.25, -0.2) is 13.6 Å². The number of anilines is 2. The van der Waals surface area contributed by atoms with E-state index in [1.54, 1.807) is 13.8 Å². The standard InChI is InChI=1S/C14H21F2N3O2/c1-5-14(2,21)8-17-13(20)18-9-6-10(15)12(19(3)4)11(16)7-9/h6-7,21H,5,8H2,1-4H3,(H2,17,18,20). The summed E-state index contributed by atoms with van der Waals surface area (Å²) in [5, 5.41) is 14.5. The molecule has 1 atom stereocenters. The van der Waals surface area contributed by atoms with E-state index < -0.39 is 23.3 Å². The van der Waals surface area contributed by atoms with E-state index >= 15 is 0 Å². The van der Waals surface area contributed by atoms with Crippen LogP contribution in [-0.2, 0) is 0 Å². The van der Waals surface area contributed by atoms with Gasteiger partial charge in [0.2, 0.25) is 0 Å². The largest absolute Gasteiger partial charge is 0.388 e. The molecule has 21 heavy (non-hydrogen) atoms. The van der Waals surface area contributed by atoms with Crippen molar-refractivity contribution in [2.24, 2.45) is 0 Å². The van der Waals surface area contributed by atoms with Gasteiger partial charge in [-0.1, -0.05) is 6.92 Å². The van der Waals surface area contributed by atoms with Crippen molar-refractivity contribution < 1.29 is 18.7 Å². The molecule has 3 N–H and O–H groups in total. The molecule has 0 aromatic heterocycles. The van der Waals surface area contributed by atoms with Gasteiger partial charge in [0.25, 0.3) is 0 Å². The molecule has 0 radical (unpaired) electrons. The quantitative estimate of drug-likeness (QED) is 0.782. The van der Waals surface area contributed by atoms with Crippen molar-refractivity contribution in [3.63, 3.8) is 0 Å². The zero-order chi connectivity index (χ0) is 16.2. The summed E-state index contributed by atoms with van der Waals surface area (Å²) in [6.45, 7) is 3.40. The molecule has 0 spiro atoms. The minimum Gasteiger partial charge on any atom is -0.388 e. The van der Waals surface area contributed by atoms with Crippen LogP contribution in [0.4, 0.5) is 25.0 Å². The molecule has 1 rings (SSSR count). The number of urea groups is 1. The maximum absolute atomic E-state index is 13.7. The summed E-state index contributed by atoms with van der Waals surface area (Å²) in [7, 11) is 3.04. The summed E-state index contributed by atoms with van der Waals surface area (Å²) in [6.07, 6.45) is 0.466. The highest BCUT2D eigenvalue weighted by atomic mass is 19.1. The fourth-order valence-corrected chi connectivity index (χ4v) is 1.64. The molecule has 1 unspecified atom stereocenters. The Kier molecular flexibility index (Phi) is 5.48. The van der Waals surface area contributed by atoms with Crippen LogP contribution >= 0.6 is 0 Å². The van der Waals surface area contributed by atoms with Crippen LogP contribution in [0.2, 0.25) is 0 Å².